The maximum Gasteiger partial charge on any atom is 0.320 e. The highest BCUT2D eigenvalue weighted by molar-refractivity contribution is 5.89. The highest BCUT2D eigenvalue weighted by Gasteiger charge is 2.01. The molecule has 1 aromatic rings. The van der Waals surface area contributed by atoms with E-state index in [-0.39, 0.29) is 12.6 Å². The topological polar surface area (TPSA) is 68.2 Å². The summed E-state index contributed by atoms with van der Waals surface area (Å²) >= 11 is 0. The average molecular weight is 218 g/mol. The quantitative estimate of drug-likeness (QED) is 0.753. The molecule has 0 fully saturated rings. The molecule has 0 aliphatic carbocycles. The number of anilines is 2. The van der Waals surface area contributed by atoms with Crippen molar-refractivity contribution in [2.24, 2.45) is 0 Å². The van der Waals surface area contributed by atoms with Crippen molar-refractivity contribution >= 4 is 17.4 Å². The second-order valence-corrected chi connectivity index (χ2v) is 3.41. The van der Waals surface area contributed by atoms with Crippen LogP contribution in [-0.2, 0) is 0 Å². The number of hydrogen-bond donors (Lipinski definition) is 2. The van der Waals surface area contributed by atoms with Crippen LogP contribution in [0.5, 0.6) is 0 Å². The summed E-state index contributed by atoms with van der Waals surface area (Å²) in [5.74, 6) is 0. The zero-order chi connectivity index (χ0) is 12.0. The maximum atomic E-state index is 11.3. The van der Waals surface area contributed by atoms with Crippen molar-refractivity contribution in [1.29, 1.82) is 5.26 Å². The number of rotatable bonds is 3. The third-order valence-electron chi connectivity index (χ3n) is 1.95. The number of amides is 2. The van der Waals surface area contributed by atoms with Gasteiger partial charge in [0.2, 0.25) is 0 Å². The molecule has 0 saturated heterocycles. The lowest BCUT2D eigenvalue weighted by molar-refractivity contribution is 0.253. The van der Waals surface area contributed by atoms with Crippen LogP contribution in [0.4, 0.5) is 16.2 Å². The third kappa shape index (κ3) is 3.50. The number of benzene rings is 1. The van der Waals surface area contributed by atoms with Gasteiger partial charge in [0.25, 0.3) is 0 Å². The largest absolute Gasteiger partial charge is 0.378 e. The molecule has 0 aromatic heterocycles. The Morgan fingerprint density at radius 1 is 1.50 bits per heavy atom. The first-order valence-corrected chi connectivity index (χ1v) is 4.82. The van der Waals surface area contributed by atoms with Crippen molar-refractivity contribution in [3.05, 3.63) is 24.3 Å². The van der Waals surface area contributed by atoms with Crippen LogP contribution in [0.1, 0.15) is 0 Å². The van der Waals surface area contributed by atoms with E-state index in [0.29, 0.717) is 5.69 Å². The van der Waals surface area contributed by atoms with Gasteiger partial charge in [-0.15, -0.1) is 0 Å². The van der Waals surface area contributed by atoms with Crippen molar-refractivity contribution < 1.29 is 4.79 Å². The van der Waals surface area contributed by atoms with Crippen LogP contribution >= 0.6 is 0 Å². The number of carbonyl (C=O) groups excluding carboxylic acids is 1. The Morgan fingerprint density at radius 2 is 2.25 bits per heavy atom. The summed E-state index contributed by atoms with van der Waals surface area (Å²) in [7, 11) is 3.85. The molecule has 2 N–H and O–H groups in total. The third-order valence-corrected chi connectivity index (χ3v) is 1.95. The molecule has 0 unspecified atom stereocenters. The summed E-state index contributed by atoms with van der Waals surface area (Å²) < 4.78 is 0. The number of nitriles is 1. The summed E-state index contributed by atoms with van der Waals surface area (Å²) in [4.78, 5) is 13.2. The second-order valence-electron chi connectivity index (χ2n) is 3.41. The van der Waals surface area contributed by atoms with Gasteiger partial charge < -0.3 is 15.5 Å². The fourth-order valence-corrected chi connectivity index (χ4v) is 1.16. The van der Waals surface area contributed by atoms with E-state index in [1.165, 1.54) is 0 Å². The average Bonchev–Trinajstić information content (AvgIpc) is 2.26. The van der Waals surface area contributed by atoms with Crippen LogP contribution in [0, 0.1) is 11.3 Å². The van der Waals surface area contributed by atoms with Crippen molar-refractivity contribution in [2.75, 3.05) is 30.9 Å². The number of nitrogens with one attached hydrogen (secondary N) is 2. The Morgan fingerprint density at radius 3 is 2.88 bits per heavy atom. The molecule has 16 heavy (non-hydrogen) atoms. The molecule has 0 heterocycles. The van der Waals surface area contributed by atoms with Crippen LogP contribution < -0.4 is 15.5 Å². The lowest BCUT2D eigenvalue weighted by Crippen LogP contribution is -2.28. The minimum absolute atomic E-state index is 0.000789. The summed E-state index contributed by atoms with van der Waals surface area (Å²) in [5.41, 5.74) is 1.69. The predicted octanol–water partition coefficient (Wildman–Crippen LogP) is 1.40. The molecule has 0 radical (unpaired) electrons. The molecule has 0 aliphatic heterocycles. The van der Waals surface area contributed by atoms with Gasteiger partial charge in [0, 0.05) is 25.5 Å². The Balaban J connectivity index is 2.64. The molecule has 0 aliphatic rings. The normalized spacial score (nSPS) is 9.06. The van der Waals surface area contributed by atoms with Crippen molar-refractivity contribution in [1.82, 2.24) is 5.32 Å². The summed E-state index contributed by atoms with van der Waals surface area (Å²) in [5, 5.41) is 13.3. The highest BCUT2D eigenvalue weighted by atomic mass is 16.2. The van der Waals surface area contributed by atoms with E-state index >= 15 is 0 Å². The molecule has 0 saturated carbocycles. The van der Waals surface area contributed by atoms with E-state index in [4.69, 9.17) is 5.26 Å². The smallest absolute Gasteiger partial charge is 0.320 e. The highest BCUT2D eigenvalue weighted by Crippen LogP contribution is 2.16. The molecular weight excluding hydrogens is 204 g/mol. The van der Waals surface area contributed by atoms with E-state index in [1.807, 2.05) is 43.3 Å². The Kier molecular flexibility index (Phi) is 4.16. The SMILES string of the molecule is CN(C)c1cccc(NC(=O)NCC#N)c1. The fourth-order valence-electron chi connectivity index (χ4n) is 1.16. The van der Waals surface area contributed by atoms with E-state index in [9.17, 15) is 4.79 Å². The Hall–Kier alpha value is -2.22. The summed E-state index contributed by atoms with van der Waals surface area (Å²) in [6.07, 6.45) is 0. The zero-order valence-corrected chi connectivity index (χ0v) is 9.32. The molecule has 0 spiro atoms. The first kappa shape index (κ1) is 11.9. The standard InChI is InChI=1S/C11H14N4O/c1-15(2)10-5-3-4-9(8-10)14-11(16)13-7-6-12/h3-5,8H,7H2,1-2H3,(H2,13,14,16). The summed E-state index contributed by atoms with van der Waals surface area (Å²) in [6, 6.07) is 8.90. The lowest BCUT2D eigenvalue weighted by Gasteiger charge is -2.13. The molecule has 0 atom stereocenters. The molecule has 1 aromatic carbocycles. The number of nitrogens with zero attached hydrogens (tertiary/aromatic N) is 2. The molecule has 5 nitrogen and oxygen atoms in total. The van der Waals surface area contributed by atoms with E-state index in [2.05, 4.69) is 10.6 Å². The Bertz CT molecular complexity index is 409. The zero-order valence-electron chi connectivity index (χ0n) is 9.32. The molecular formula is C11H14N4O. The monoisotopic (exact) mass is 218 g/mol. The van der Waals surface area contributed by atoms with E-state index in [1.54, 1.807) is 6.07 Å². The molecule has 2 amide bonds. The van der Waals surface area contributed by atoms with Gasteiger partial charge in [-0.1, -0.05) is 6.07 Å². The molecule has 0 bridgehead atoms. The molecule has 84 valence electrons. The minimum Gasteiger partial charge on any atom is -0.378 e. The van der Waals surface area contributed by atoms with Gasteiger partial charge in [0.15, 0.2) is 0 Å². The van der Waals surface area contributed by atoms with Crippen molar-refractivity contribution in [3.8, 4) is 6.07 Å². The lowest BCUT2D eigenvalue weighted by atomic mass is 10.2. The summed E-state index contributed by atoms with van der Waals surface area (Å²) in [6.45, 7) is -0.000789. The minimum atomic E-state index is -0.377. The fraction of sp³-hybridized carbons (Fsp3) is 0.273. The van der Waals surface area contributed by atoms with Gasteiger partial charge >= 0.3 is 6.03 Å². The van der Waals surface area contributed by atoms with Crippen molar-refractivity contribution in [3.63, 3.8) is 0 Å². The maximum absolute atomic E-state index is 11.3. The first-order valence-electron chi connectivity index (χ1n) is 4.82. The van der Waals surface area contributed by atoms with Crippen molar-refractivity contribution in [2.45, 2.75) is 0 Å². The van der Waals surface area contributed by atoms with E-state index < -0.39 is 0 Å². The van der Waals surface area contributed by atoms with Crippen LogP contribution in [0.2, 0.25) is 0 Å². The van der Waals surface area contributed by atoms with Gasteiger partial charge in [-0.2, -0.15) is 5.26 Å². The number of urea groups is 1. The van der Waals surface area contributed by atoms with Crippen LogP contribution in [0.25, 0.3) is 0 Å². The number of hydrogen-bond acceptors (Lipinski definition) is 3. The molecule has 1 rings (SSSR count). The van der Waals surface area contributed by atoms with Gasteiger partial charge in [0.05, 0.1) is 6.07 Å². The Labute approximate surface area is 94.7 Å². The first-order chi connectivity index (χ1) is 7.63. The van der Waals surface area contributed by atoms with Gasteiger partial charge in [0.1, 0.15) is 6.54 Å². The van der Waals surface area contributed by atoms with Gasteiger partial charge in [-0.05, 0) is 18.2 Å². The second kappa shape index (κ2) is 5.61. The predicted molar refractivity (Wildman–Crippen MR) is 63.4 cm³/mol. The molecule has 5 heteroatoms. The number of carbonyl (C=O) groups is 1. The van der Waals surface area contributed by atoms with Crippen LogP contribution in [-0.4, -0.2) is 26.7 Å². The van der Waals surface area contributed by atoms with Crippen LogP contribution in [0.15, 0.2) is 24.3 Å². The van der Waals surface area contributed by atoms with Gasteiger partial charge in [-0.25, -0.2) is 4.79 Å². The van der Waals surface area contributed by atoms with Crippen LogP contribution in [0.3, 0.4) is 0 Å². The van der Waals surface area contributed by atoms with Gasteiger partial charge in [-0.3, -0.25) is 0 Å². The van der Waals surface area contributed by atoms with E-state index in [0.717, 1.165) is 5.69 Å².